The van der Waals surface area contributed by atoms with Crippen molar-refractivity contribution in [2.75, 3.05) is 56.7 Å². The monoisotopic (exact) mass is 768 g/mol. The second kappa shape index (κ2) is 17.4. The molecule has 0 saturated carbocycles. The zero-order valence-electron chi connectivity index (χ0n) is 30.6. The molecule has 1 atom stereocenters. The summed E-state index contributed by atoms with van der Waals surface area (Å²) in [6.07, 6.45) is 0. The average molecular weight is 769 g/mol. The van der Waals surface area contributed by atoms with E-state index in [1.807, 2.05) is 13.8 Å². The number of aryl methyl sites for hydroxylation is 2. The maximum absolute atomic E-state index is 13.9. The van der Waals surface area contributed by atoms with Gasteiger partial charge in [-0.05, 0) is 69.3 Å². The summed E-state index contributed by atoms with van der Waals surface area (Å²) < 4.78 is 78.7. The summed E-state index contributed by atoms with van der Waals surface area (Å²) in [7, 11) is -2.92. The van der Waals surface area contributed by atoms with Crippen molar-refractivity contribution in [1.82, 2.24) is 10.6 Å². The van der Waals surface area contributed by atoms with E-state index in [1.54, 1.807) is 55.5 Å². The fourth-order valence-corrected chi connectivity index (χ4v) is 8.09. The molecule has 4 rings (SSSR count). The first-order chi connectivity index (χ1) is 25.1. The van der Waals surface area contributed by atoms with Crippen molar-refractivity contribution in [2.45, 2.75) is 36.6 Å². The van der Waals surface area contributed by atoms with E-state index in [0.29, 0.717) is 11.5 Å². The summed E-state index contributed by atoms with van der Waals surface area (Å²) in [6.45, 7) is 4.08. The molecule has 0 bridgehead atoms. The molecule has 0 spiro atoms. The summed E-state index contributed by atoms with van der Waals surface area (Å²) >= 11 is 0. The summed E-state index contributed by atoms with van der Waals surface area (Å²) in [4.78, 5) is 26.4. The van der Waals surface area contributed by atoms with Gasteiger partial charge < -0.3 is 29.6 Å². The minimum atomic E-state index is -4.28. The van der Waals surface area contributed by atoms with Gasteiger partial charge in [0.1, 0.15) is 13.1 Å². The van der Waals surface area contributed by atoms with Crippen LogP contribution >= 0.6 is 0 Å². The molecule has 4 aromatic carbocycles. The smallest absolute Gasteiger partial charge is 0.264 e. The standard InChI is InChI=1S/C37H44N4O10S2/c1-25-8-12-28(13-9-25)40(52(44,45)30-16-18-32(48-4)34(20-30)50-6)23-36(42)38-22-27(3)39-37(43)24-41(29-14-10-26(2)11-15-29)53(46,47)31-17-19-33(49-5)35(21-31)51-7/h8-21,27H,22-24H2,1-7H3,(H,38,42)(H,39,43). The van der Waals surface area contributed by atoms with Gasteiger partial charge in [0.15, 0.2) is 23.0 Å². The SMILES string of the molecule is COc1ccc(S(=O)(=O)N(CC(=O)NCC(C)NC(=O)CN(c2ccc(C)cc2)S(=O)(=O)c2ccc(OC)c(OC)c2)c2ccc(C)cc2)cc1OC. The molecule has 0 aliphatic carbocycles. The number of amides is 2. The molecule has 0 saturated heterocycles. The first kappa shape index (κ1) is 40.3. The fourth-order valence-electron chi connectivity index (χ4n) is 5.22. The van der Waals surface area contributed by atoms with Crippen molar-refractivity contribution in [2.24, 2.45) is 0 Å². The Bertz CT molecular complexity index is 2130. The molecule has 0 heterocycles. The lowest BCUT2D eigenvalue weighted by molar-refractivity contribution is -0.122. The minimum absolute atomic E-state index is 0.0876. The number of hydrogen-bond acceptors (Lipinski definition) is 10. The van der Waals surface area contributed by atoms with Crippen LogP contribution in [-0.4, -0.2) is 82.8 Å². The molecular formula is C37H44N4O10S2. The molecule has 284 valence electrons. The second-order valence-corrected chi connectivity index (χ2v) is 15.7. The van der Waals surface area contributed by atoms with E-state index in [9.17, 15) is 26.4 Å². The van der Waals surface area contributed by atoms with E-state index in [2.05, 4.69) is 10.6 Å². The number of anilines is 2. The highest BCUT2D eigenvalue weighted by Gasteiger charge is 2.30. The first-order valence-electron chi connectivity index (χ1n) is 16.3. The number of ether oxygens (including phenoxy) is 4. The quantitative estimate of drug-likeness (QED) is 0.160. The summed E-state index contributed by atoms with van der Waals surface area (Å²) in [5.41, 5.74) is 2.30. The number of nitrogens with one attached hydrogen (secondary N) is 2. The van der Waals surface area contributed by atoms with Gasteiger partial charge in [-0.1, -0.05) is 35.4 Å². The van der Waals surface area contributed by atoms with Gasteiger partial charge in [-0.3, -0.25) is 18.2 Å². The molecule has 0 fully saturated rings. The third-order valence-corrected chi connectivity index (χ3v) is 11.7. The second-order valence-electron chi connectivity index (χ2n) is 12.0. The molecule has 1 unspecified atom stereocenters. The number of methoxy groups -OCH3 is 4. The Labute approximate surface area is 310 Å². The Hall–Kier alpha value is -5.48. The summed E-state index contributed by atoms with van der Waals surface area (Å²) in [5, 5.41) is 5.39. The molecule has 0 aliphatic rings. The van der Waals surface area contributed by atoms with Gasteiger partial charge in [-0.15, -0.1) is 0 Å². The van der Waals surface area contributed by atoms with E-state index < -0.39 is 51.0 Å². The number of benzene rings is 4. The molecular weight excluding hydrogens is 725 g/mol. The molecule has 0 aromatic heterocycles. The van der Waals surface area contributed by atoms with Crippen LogP contribution in [0, 0.1) is 13.8 Å². The van der Waals surface area contributed by atoms with Crippen LogP contribution in [0.3, 0.4) is 0 Å². The topological polar surface area (TPSA) is 170 Å². The predicted molar refractivity (Wildman–Crippen MR) is 201 cm³/mol. The number of sulfonamides is 2. The molecule has 4 aromatic rings. The molecule has 2 amide bonds. The van der Waals surface area contributed by atoms with E-state index in [4.69, 9.17) is 18.9 Å². The van der Waals surface area contributed by atoms with Crippen molar-refractivity contribution < 1.29 is 45.4 Å². The van der Waals surface area contributed by atoms with Gasteiger partial charge in [0.25, 0.3) is 20.0 Å². The highest BCUT2D eigenvalue weighted by Crippen LogP contribution is 2.33. The fraction of sp³-hybridized carbons (Fsp3) is 0.297. The van der Waals surface area contributed by atoms with Gasteiger partial charge >= 0.3 is 0 Å². The number of hydrogen-bond donors (Lipinski definition) is 2. The number of carbonyl (C=O) groups excluding carboxylic acids is 2. The van der Waals surface area contributed by atoms with Crippen LogP contribution in [0.1, 0.15) is 18.1 Å². The van der Waals surface area contributed by atoms with Crippen molar-refractivity contribution in [3.8, 4) is 23.0 Å². The van der Waals surface area contributed by atoms with Gasteiger partial charge in [-0.2, -0.15) is 0 Å². The zero-order valence-corrected chi connectivity index (χ0v) is 32.2. The van der Waals surface area contributed by atoms with Crippen LogP contribution in [0.2, 0.25) is 0 Å². The maximum Gasteiger partial charge on any atom is 0.264 e. The van der Waals surface area contributed by atoms with Gasteiger partial charge in [0.05, 0.1) is 49.6 Å². The van der Waals surface area contributed by atoms with Crippen molar-refractivity contribution in [1.29, 1.82) is 0 Å². The first-order valence-corrected chi connectivity index (χ1v) is 19.2. The Morgan fingerprint density at radius 3 is 1.34 bits per heavy atom. The molecule has 0 radical (unpaired) electrons. The van der Waals surface area contributed by atoms with E-state index >= 15 is 0 Å². The van der Waals surface area contributed by atoms with Crippen molar-refractivity contribution in [3.63, 3.8) is 0 Å². The normalized spacial score (nSPS) is 11.9. The molecule has 2 N–H and O–H groups in total. The lowest BCUT2D eigenvalue weighted by atomic mass is 10.2. The predicted octanol–water partition coefficient (Wildman–Crippen LogP) is 4.05. The van der Waals surface area contributed by atoms with Crippen LogP contribution in [0.15, 0.2) is 94.7 Å². The van der Waals surface area contributed by atoms with Crippen LogP contribution < -0.4 is 38.2 Å². The van der Waals surface area contributed by atoms with Crippen LogP contribution in [0.25, 0.3) is 0 Å². The summed E-state index contributed by atoms with van der Waals surface area (Å²) in [5.74, 6) is -0.223. The molecule has 53 heavy (non-hydrogen) atoms. The van der Waals surface area contributed by atoms with Crippen molar-refractivity contribution in [3.05, 3.63) is 96.1 Å². The number of nitrogens with zero attached hydrogens (tertiary/aromatic N) is 2. The highest BCUT2D eigenvalue weighted by atomic mass is 32.2. The van der Waals surface area contributed by atoms with Crippen LogP contribution in [0.4, 0.5) is 11.4 Å². The lowest BCUT2D eigenvalue weighted by Gasteiger charge is -2.26. The van der Waals surface area contributed by atoms with Gasteiger partial charge in [0, 0.05) is 24.7 Å². The number of rotatable bonds is 17. The molecule has 14 nitrogen and oxygen atoms in total. The highest BCUT2D eigenvalue weighted by molar-refractivity contribution is 7.93. The number of carbonyl (C=O) groups is 2. The summed E-state index contributed by atoms with van der Waals surface area (Å²) in [6, 6.07) is 20.9. The van der Waals surface area contributed by atoms with Gasteiger partial charge in [0.2, 0.25) is 11.8 Å². The van der Waals surface area contributed by atoms with E-state index in [-0.39, 0.29) is 39.2 Å². The average Bonchev–Trinajstić information content (AvgIpc) is 3.15. The zero-order chi connectivity index (χ0) is 38.9. The Balaban J connectivity index is 1.49. The van der Waals surface area contributed by atoms with E-state index in [0.717, 1.165) is 19.7 Å². The lowest BCUT2D eigenvalue weighted by Crippen LogP contribution is -2.48. The Morgan fingerprint density at radius 1 is 0.585 bits per heavy atom. The minimum Gasteiger partial charge on any atom is -0.493 e. The molecule has 16 heteroatoms. The van der Waals surface area contributed by atoms with Crippen LogP contribution in [0.5, 0.6) is 23.0 Å². The maximum atomic E-state index is 13.9. The van der Waals surface area contributed by atoms with E-state index in [1.165, 1.54) is 64.8 Å². The Morgan fingerprint density at radius 2 is 0.962 bits per heavy atom. The largest absolute Gasteiger partial charge is 0.493 e. The van der Waals surface area contributed by atoms with Crippen molar-refractivity contribution >= 4 is 43.2 Å². The van der Waals surface area contributed by atoms with Crippen LogP contribution in [-0.2, 0) is 29.6 Å². The van der Waals surface area contributed by atoms with Gasteiger partial charge in [-0.25, -0.2) is 16.8 Å². The molecule has 0 aliphatic heterocycles. The Kier molecular flexibility index (Phi) is 13.2. The third-order valence-electron chi connectivity index (χ3n) is 8.12. The third kappa shape index (κ3) is 9.70.